The zero-order chi connectivity index (χ0) is 22.3. The monoisotopic (exact) mass is 418 g/mol. The first-order chi connectivity index (χ1) is 14.8. The summed E-state index contributed by atoms with van der Waals surface area (Å²) in [5, 5.41) is 0. The van der Waals surface area contributed by atoms with Crippen LogP contribution in [0.1, 0.15) is 37.0 Å². The predicted octanol–water partition coefficient (Wildman–Crippen LogP) is 4.57. The lowest BCUT2D eigenvalue weighted by atomic mass is 9.90. The molecule has 0 aromatic heterocycles. The number of imide groups is 1. The molecular formula is C26H30N2O3. The summed E-state index contributed by atoms with van der Waals surface area (Å²) in [6.45, 7) is 10.0. The Morgan fingerprint density at radius 3 is 2.29 bits per heavy atom. The van der Waals surface area contributed by atoms with Crippen molar-refractivity contribution in [3.63, 3.8) is 0 Å². The van der Waals surface area contributed by atoms with E-state index in [2.05, 4.69) is 24.8 Å². The summed E-state index contributed by atoms with van der Waals surface area (Å²) in [6, 6.07) is 13.2. The molecule has 0 aliphatic carbocycles. The molecule has 2 aromatic rings. The average Bonchev–Trinajstić information content (AvgIpc) is 2.97. The molecule has 2 atom stereocenters. The maximum atomic E-state index is 13.8. The molecule has 1 saturated heterocycles. The fourth-order valence-corrected chi connectivity index (χ4v) is 4.98. The molecule has 2 heterocycles. The SMILES string of the molecule is COc1cccc(N2C(=O)C(c3ccc(C)cc3C)=C(N3CC(C)CC(C)C3)C2=O)c1. The van der Waals surface area contributed by atoms with E-state index in [-0.39, 0.29) is 11.8 Å². The van der Waals surface area contributed by atoms with Crippen LogP contribution in [0.15, 0.2) is 48.2 Å². The van der Waals surface area contributed by atoms with Gasteiger partial charge in [0.15, 0.2) is 0 Å². The largest absolute Gasteiger partial charge is 0.497 e. The van der Waals surface area contributed by atoms with Gasteiger partial charge < -0.3 is 9.64 Å². The van der Waals surface area contributed by atoms with Crippen molar-refractivity contribution in [2.75, 3.05) is 25.1 Å². The van der Waals surface area contributed by atoms with E-state index >= 15 is 0 Å². The first-order valence-electron chi connectivity index (χ1n) is 10.9. The Morgan fingerprint density at radius 1 is 0.935 bits per heavy atom. The number of hydrogen-bond acceptors (Lipinski definition) is 4. The van der Waals surface area contributed by atoms with E-state index in [4.69, 9.17) is 4.74 Å². The quantitative estimate of drug-likeness (QED) is 0.683. The van der Waals surface area contributed by atoms with Crippen molar-refractivity contribution in [1.29, 1.82) is 0 Å². The predicted molar refractivity (Wildman–Crippen MR) is 123 cm³/mol. The van der Waals surface area contributed by atoms with Crippen molar-refractivity contribution in [2.24, 2.45) is 11.8 Å². The van der Waals surface area contributed by atoms with Crippen LogP contribution in [0.3, 0.4) is 0 Å². The topological polar surface area (TPSA) is 49.9 Å². The fraction of sp³-hybridized carbons (Fsp3) is 0.385. The summed E-state index contributed by atoms with van der Waals surface area (Å²) >= 11 is 0. The highest BCUT2D eigenvalue weighted by Gasteiger charge is 2.44. The number of ether oxygens (including phenoxy) is 1. The van der Waals surface area contributed by atoms with Gasteiger partial charge in [-0.3, -0.25) is 9.59 Å². The molecule has 2 aliphatic heterocycles. The van der Waals surface area contributed by atoms with Crippen molar-refractivity contribution in [3.8, 4) is 5.75 Å². The number of rotatable bonds is 4. The van der Waals surface area contributed by atoms with E-state index in [0.717, 1.165) is 36.2 Å². The van der Waals surface area contributed by atoms with Gasteiger partial charge in [-0.1, -0.05) is 43.7 Å². The highest BCUT2D eigenvalue weighted by Crippen LogP contribution is 2.38. The van der Waals surface area contributed by atoms with Crippen LogP contribution >= 0.6 is 0 Å². The van der Waals surface area contributed by atoms with Crippen LogP contribution in [0, 0.1) is 25.7 Å². The number of nitrogens with zero attached hydrogens (tertiary/aromatic N) is 2. The normalized spacial score (nSPS) is 21.8. The van der Waals surface area contributed by atoms with Crippen molar-refractivity contribution in [2.45, 2.75) is 34.1 Å². The Labute approximate surface area is 184 Å². The van der Waals surface area contributed by atoms with Crippen molar-refractivity contribution >= 4 is 23.1 Å². The van der Waals surface area contributed by atoms with Crippen LogP contribution < -0.4 is 9.64 Å². The molecule has 0 bridgehead atoms. The van der Waals surface area contributed by atoms with Crippen LogP contribution in [-0.4, -0.2) is 36.9 Å². The summed E-state index contributed by atoms with van der Waals surface area (Å²) < 4.78 is 5.33. The highest BCUT2D eigenvalue weighted by molar-refractivity contribution is 6.45. The van der Waals surface area contributed by atoms with Crippen LogP contribution in [-0.2, 0) is 9.59 Å². The summed E-state index contributed by atoms with van der Waals surface area (Å²) in [7, 11) is 1.58. The molecule has 2 unspecified atom stereocenters. The number of amides is 2. The van der Waals surface area contributed by atoms with Gasteiger partial charge in [-0.25, -0.2) is 4.90 Å². The van der Waals surface area contributed by atoms with Crippen LogP contribution in [0.2, 0.25) is 0 Å². The number of carbonyl (C=O) groups is 2. The Morgan fingerprint density at radius 2 is 1.65 bits per heavy atom. The summed E-state index contributed by atoms with van der Waals surface area (Å²) in [5.41, 5.74) is 4.52. The lowest BCUT2D eigenvalue weighted by Gasteiger charge is -2.37. The van der Waals surface area contributed by atoms with E-state index in [1.807, 2.05) is 32.0 Å². The number of likely N-dealkylation sites (tertiary alicyclic amines) is 1. The molecule has 5 nitrogen and oxygen atoms in total. The van der Waals surface area contributed by atoms with Crippen LogP contribution in [0.25, 0.3) is 5.57 Å². The molecule has 5 heteroatoms. The van der Waals surface area contributed by atoms with E-state index < -0.39 is 0 Å². The number of aryl methyl sites for hydroxylation is 2. The molecule has 0 radical (unpaired) electrons. The van der Waals surface area contributed by atoms with Gasteiger partial charge in [-0.2, -0.15) is 0 Å². The molecule has 0 spiro atoms. The van der Waals surface area contributed by atoms with Crippen molar-refractivity contribution in [3.05, 3.63) is 64.9 Å². The number of methoxy groups -OCH3 is 1. The van der Waals surface area contributed by atoms with Gasteiger partial charge in [0.2, 0.25) is 0 Å². The molecule has 1 fully saturated rings. The fourth-order valence-electron chi connectivity index (χ4n) is 4.98. The van der Waals surface area contributed by atoms with Gasteiger partial charge in [0, 0.05) is 19.2 Å². The molecule has 31 heavy (non-hydrogen) atoms. The average molecular weight is 419 g/mol. The number of hydrogen-bond donors (Lipinski definition) is 0. The third-order valence-corrected chi connectivity index (χ3v) is 6.21. The highest BCUT2D eigenvalue weighted by atomic mass is 16.5. The lowest BCUT2D eigenvalue weighted by Crippen LogP contribution is -2.42. The van der Waals surface area contributed by atoms with Crippen LogP contribution in [0.4, 0.5) is 5.69 Å². The molecule has 162 valence electrons. The second-order valence-electron chi connectivity index (χ2n) is 9.04. The van der Waals surface area contributed by atoms with Gasteiger partial charge >= 0.3 is 0 Å². The Kier molecular flexibility index (Phi) is 5.61. The molecule has 2 aliphatic rings. The molecule has 4 rings (SSSR count). The van der Waals surface area contributed by atoms with E-state index in [9.17, 15) is 9.59 Å². The first kappa shape index (κ1) is 21.2. The minimum absolute atomic E-state index is 0.255. The molecular weight excluding hydrogens is 388 g/mol. The number of benzene rings is 2. The van der Waals surface area contributed by atoms with Gasteiger partial charge in [-0.15, -0.1) is 0 Å². The second-order valence-corrected chi connectivity index (χ2v) is 9.04. The third kappa shape index (κ3) is 3.85. The first-order valence-corrected chi connectivity index (χ1v) is 10.9. The van der Waals surface area contributed by atoms with E-state index in [0.29, 0.717) is 34.5 Å². The lowest BCUT2D eigenvalue weighted by molar-refractivity contribution is -0.120. The van der Waals surface area contributed by atoms with Crippen LogP contribution in [0.5, 0.6) is 5.75 Å². The number of piperidine rings is 1. The zero-order valence-electron chi connectivity index (χ0n) is 18.9. The number of anilines is 1. The molecule has 0 N–H and O–H groups in total. The smallest absolute Gasteiger partial charge is 0.282 e. The summed E-state index contributed by atoms with van der Waals surface area (Å²) in [5.74, 6) is 1.01. The zero-order valence-corrected chi connectivity index (χ0v) is 18.9. The van der Waals surface area contributed by atoms with Gasteiger partial charge in [0.25, 0.3) is 11.8 Å². The van der Waals surface area contributed by atoms with Gasteiger partial charge in [0.05, 0.1) is 18.4 Å². The Bertz CT molecular complexity index is 1060. The standard InChI is InChI=1S/C26H30N2O3/c1-16-9-10-22(19(4)12-16)23-24(27-14-17(2)11-18(3)15-27)26(30)28(25(23)29)20-7-6-8-21(13-20)31-5/h6-10,12-13,17-18H,11,14-15H2,1-5H3. The molecule has 2 aromatic carbocycles. The van der Waals surface area contributed by atoms with Gasteiger partial charge in [0.1, 0.15) is 11.4 Å². The van der Waals surface area contributed by atoms with Crippen molar-refractivity contribution in [1.82, 2.24) is 4.90 Å². The maximum Gasteiger partial charge on any atom is 0.282 e. The van der Waals surface area contributed by atoms with Gasteiger partial charge in [-0.05, 0) is 55.4 Å². The number of carbonyl (C=O) groups excluding carboxylic acids is 2. The van der Waals surface area contributed by atoms with Crippen molar-refractivity contribution < 1.29 is 14.3 Å². The second kappa shape index (κ2) is 8.22. The minimum atomic E-state index is -0.272. The Balaban J connectivity index is 1.86. The maximum absolute atomic E-state index is 13.8. The summed E-state index contributed by atoms with van der Waals surface area (Å²) in [4.78, 5) is 30.9. The molecule has 0 saturated carbocycles. The third-order valence-electron chi connectivity index (χ3n) is 6.21. The van der Waals surface area contributed by atoms with E-state index in [1.54, 1.807) is 25.3 Å². The minimum Gasteiger partial charge on any atom is -0.497 e. The van der Waals surface area contributed by atoms with E-state index in [1.165, 1.54) is 4.90 Å². The Hall–Kier alpha value is -3.08. The molecule has 2 amide bonds. The summed E-state index contributed by atoms with van der Waals surface area (Å²) in [6.07, 6.45) is 1.13.